The zero-order valence-corrected chi connectivity index (χ0v) is 13.3. The number of nitro groups is 1. The van der Waals surface area contributed by atoms with Crippen molar-refractivity contribution in [1.29, 1.82) is 0 Å². The number of carboxylic acid groups (broad SMARTS) is 1. The monoisotopic (exact) mass is 360 g/mol. The molecule has 0 amide bonds. The number of halogens is 1. The van der Waals surface area contributed by atoms with Crippen LogP contribution >= 0.6 is 11.6 Å². The Hall–Kier alpha value is -1.71. The Balaban J connectivity index is 2.00. The highest BCUT2D eigenvalue weighted by Gasteiger charge is 2.54. The highest BCUT2D eigenvalue weighted by Crippen LogP contribution is 2.46. The first-order chi connectivity index (χ1) is 10.7. The summed E-state index contributed by atoms with van der Waals surface area (Å²) in [5.41, 5.74) is -0.304. The van der Waals surface area contributed by atoms with Gasteiger partial charge in [0, 0.05) is 24.2 Å². The minimum absolute atomic E-state index is 0.229. The van der Waals surface area contributed by atoms with Gasteiger partial charge in [-0.05, 0) is 25.3 Å². The molecular formula is C13H13ClN2O6S. The highest BCUT2D eigenvalue weighted by molar-refractivity contribution is 7.89. The average Bonchev–Trinajstić information content (AvgIpc) is 3.05. The van der Waals surface area contributed by atoms with Crippen LogP contribution in [-0.4, -0.2) is 40.8 Å². The van der Waals surface area contributed by atoms with Crippen molar-refractivity contribution >= 4 is 33.3 Å². The summed E-state index contributed by atoms with van der Waals surface area (Å²) in [6.45, 7) is 0. The summed E-state index contributed by atoms with van der Waals surface area (Å²) in [4.78, 5) is 21.1. The van der Waals surface area contributed by atoms with Crippen molar-refractivity contribution in [2.75, 3.05) is 0 Å². The van der Waals surface area contributed by atoms with Gasteiger partial charge in [-0.2, -0.15) is 4.31 Å². The minimum Gasteiger partial charge on any atom is -0.481 e. The number of fused-ring (bicyclic) bond motifs is 2. The molecule has 8 nitrogen and oxygen atoms in total. The molecule has 1 aromatic carbocycles. The van der Waals surface area contributed by atoms with Gasteiger partial charge in [0.05, 0.1) is 15.9 Å². The molecule has 2 bridgehead atoms. The molecule has 23 heavy (non-hydrogen) atoms. The van der Waals surface area contributed by atoms with Crippen LogP contribution in [0.2, 0.25) is 5.02 Å². The molecule has 0 spiro atoms. The molecule has 3 unspecified atom stereocenters. The Morgan fingerprint density at radius 3 is 2.61 bits per heavy atom. The number of aliphatic carboxylic acids is 1. The number of nitro benzene ring substituents is 1. The maximum Gasteiger partial charge on any atom is 0.308 e. The van der Waals surface area contributed by atoms with Crippen LogP contribution in [0.15, 0.2) is 23.1 Å². The SMILES string of the molecule is O=C(O)C1CC2CCC1N2S(=O)(=O)c1ccc([N+](=O)[O-])cc1Cl. The lowest BCUT2D eigenvalue weighted by molar-refractivity contribution is -0.384. The van der Waals surface area contributed by atoms with Crippen LogP contribution in [0, 0.1) is 16.0 Å². The first-order valence-electron chi connectivity index (χ1n) is 6.93. The third-order valence-electron chi connectivity index (χ3n) is 4.47. The van der Waals surface area contributed by atoms with E-state index in [1.165, 1.54) is 4.31 Å². The number of sulfonamides is 1. The second-order valence-corrected chi connectivity index (χ2v) is 7.90. The molecule has 124 valence electrons. The number of non-ortho nitro benzene ring substituents is 1. The number of hydrogen-bond donors (Lipinski definition) is 1. The summed E-state index contributed by atoms with van der Waals surface area (Å²) in [5.74, 6) is -1.73. The molecule has 2 aliphatic heterocycles. The predicted molar refractivity (Wildman–Crippen MR) is 79.7 cm³/mol. The largest absolute Gasteiger partial charge is 0.481 e. The van der Waals surface area contributed by atoms with Gasteiger partial charge in [0.2, 0.25) is 10.0 Å². The highest BCUT2D eigenvalue weighted by atomic mass is 35.5. The summed E-state index contributed by atoms with van der Waals surface area (Å²) < 4.78 is 26.9. The Bertz CT molecular complexity index is 796. The zero-order chi connectivity index (χ0) is 16.9. The minimum atomic E-state index is -4.00. The molecular weight excluding hydrogens is 348 g/mol. The standard InChI is InChI=1S/C13H13ClN2O6S/c14-10-6-8(16(19)20)2-4-12(10)23(21,22)15-7-1-3-11(15)9(5-7)13(17)18/h2,4,6-7,9,11H,1,3,5H2,(H,17,18). The van der Waals surface area contributed by atoms with Crippen LogP contribution in [0.4, 0.5) is 5.69 Å². The van der Waals surface area contributed by atoms with Crippen LogP contribution in [0.25, 0.3) is 0 Å². The van der Waals surface area contributed by atoms with E-state index in [4.69, 9.17) is 11.6 Å². The summed E-state index contributed by atoms with van der Waals surface area (Å²) >= 11 is 5.92. The first-order valence-corrected chi connectivity index (χ1v) is 8.75. The van der Waals surface area contributed by atoms with Gasteiger partial charge in [-0.15, -0.1) is 0 Å². The number of carbonyl (C=O) groups is 1. The fraction of sp³-hybridized carbons (Fsp3) is 0.462. The van der Waals surface area contributed by atoms with Crippen molar-refractivity contribution in [1.82, 2.24) is 4.31 Å². The molecule has 0 saturated carbocycles. The maximum absolute atomic E-state index is 12.8. The summed E-state index contributed by atoms with van der Waals surface area (Å²) in [7, 11) is -4.00. The van der Waals surface area contributed by atoms with Crippen molar-refractivity contribution < 1.29 is 23.2 Å². The summed E-state index contributed by atoms with van der Waals surface area (Å²) in [5, 5.41) is 19.7. The third kappa shape index (κ3) is 2.48. The van der Waals surface area contributed by atoms with Gasteiger partial charge in [-0.1, -0.05) is 11.6 Å². The van der Waals surface area contributed by atoms with Crippen LogP contribution in [0.1, 0.15) is 19.3 Å². The Labute approximate surface area is 136 Å². The maximum atomic E-state index is 12.8. The van der Waals surface area contributed by atoms with Crippen molar-refractivity contribution in [2.24, 2.45) is 5.92 Å². The van der Waals surface area contributed by atoms with Crippen LogP contribution in [0.5, 0.6) is 0 Å². The van der Waals surface area contributed by atoms with Gasteiger partial charge in [-0.3, -0.25) is 14.9 Å². The molecule has 1 aromatic rings. The fourth-order valence-electron chi connectivity index (χ4n) is 3.50. The van der Waals surface area contributed by atoms with E-state index in [-0.39, 0.29) is 28.1 Å². The van der Waals surface area contributed by atoms with Gasteiger partial charge in [-0.25, -0.2) is 8.42 Å². The first kappa shape index (κ1) is 16.2. The number of carboxylic acids is 1. The van der Waals surface area contributed by atoms with Crippen molar-refractivity contribution in [2.45, 2.75) is 36.2 Å². The summed E-state index contributed by atoms with van der Waals surface area (Å²) in [6.07, 6.45) is 1.38. The van der Waals surface area contributed by atoms with Crippen LogP contribution in [-0.2, 0) is 14.8 Å². The molecule has 2 aliphatic rings. The van der Waals surface area contributed by atoms with Crippen LogP contribution in [0.3, 0.4) is 0 Å². The number of rotatable bonds is 4. The van der Waals surface area contributed by atoms with Gasteiger partial charge in [0.25, 0.3) is 5.69 Å². The van der Waals surface area contributed by atoms with Crippen molar-refractivity contribution in [3.05, 3.63) is 33.3 Å². The second-order valence-electron chi connectivity index (χ2n) is 5.69. The Kier molecular flexibility index (Phi) is 3.81. The fourth-order valence-corrected chi connectivity index (χ4v) is 5.94. The van der Waals surface area contributed by atoms with E-state index in [0.717, 1.165) is 18.2 Å². The molecule has 1 N–H and O–H groups in total. The molecule has 0 radical (unpaired) electrons. The molecule has 0 aromatic heterocycles. The lowest BCUT2D eigenvalue weighted by Crippen LogP contribution is -2.37. The van der Waals surface area contributed by atoms with Gasteiger partial charge < -0.3 is 5.11 Å². The van der Waals surface area contributed by atoms with Crippen LogP contribution < -0.4 is 0 Å². The van der Waals surface area contributed by atoms with E-state index in [0.29, 0.717) is 12.8 Å². The van der Waals surface area contributed by atoms with E-state index in [1.807, 2.05) is 0 Å². The molecule has 0 aliphatic carbocycles. The second kappa shape index (κ2) is 5.43. The number of benzene rings is 1. The Morgan fingerprint density at radius 2 is 2.09 bits per heavy atom. The molecule has 10 heteroatoms. The average molecular weight is 361 g/mol. The molecule has 2 heterocycles. The van der Waals surface area contributed by atoms with E-state index >= 15 is 0 Å². The smallest absolute Gasteiger partial charge is 0.308 e. The van der Waals surface area contributed by atoms with Gasteiger partial charge >= 0.3 is 5.97 Å². The molecule has 3 atom stereocenters. The van der Waals surface area contributed by atoms with E-state index in [9.17, 15) is 28.4 Å². The van der Waals surface area contributed by atoms with E-state index in [2.05, 4.69) is 0 Å². The topological polar surface area (TPSA) is 118 Å². The molecule has 3 rings (SSSR count). The van der Waals surface area contributed by atoms with E-state index < -0.39 is 32.9 Å². The predicted octanol–water partition coefficient (Wildman–Crippen LogP) is 1.87. The lowest BCUT2D eigenvalue weighted by atomic mass is 9.89. The lowest BCUT2D eigenvalue weighted by Gasteiger charge is -2.23. The molecule has 2 fully saturated rings. The van der Waals surface area contributed by atoms with Crippen molar-refractivity contribution in [3.63, 3.8) is 0 Å². The van der Waals surface area contributed by atoms with Gasteiger partial charge in [0.15, 0.2) is 0 Å². The third-order valence-corrected chi connectivity index (χ3v) is 6.93. The quantitative estimate of drug-likeness (QED) is 0.646. The van der Waals surface area contributed by atoms with Gasteiger partial charge in [0.1, 0.15) is 4.90 Å². The van der Waals surface area contributed by atoms with Crippen molar-refractivity contribution in [3.8, 4) is 0 Å². The zero-order valence-electron chi connectivity index (χ0n) is 11.8. The number of nitrogens with zero attached hydrogens (tertiary/aromatic N) is 2. The van der Waals surface area contributed by atoms with E-state index in [1.54, 1.807) is 0 Å². The molecule has 2 saturated heterocycles. The number of hydrogen-bond acceptors (Lipinski definition) is 5. The summed E-state index contributed by atoms with van der Waals surface area (Å²) in [6, 6.07) is 2.21. The normalized spacial score (nSPS) is 27.3. The Morgan fingerprint density at radius 1 is 1.39 bits per heavy atom.